The number of hydrogen-bond acceptors (Lipinski definition) is 3. The normalized spacial score (nSPS) is 12.6. The second-order valence-electron chi connectivity index (χ2n) is 4.32. The zero-order valence-corrected chi connectivity index (χ0v) is 10.5. The van der Waals surface area contributed by atoms with Crippen LogP contribution in [0.2, 0.25) is 0 Å². The van der Waals surface area contributed by atoms with E-state index >= 15 is 0 Å². The van der Waals surface area contributed by atoms with E-state index in [1.54, 1.807) is 6.07 Å². The molecule has 0 aliphatic carbocycles. The lowest BCUT2D eigenvalue weighted by Crippen LogP contribution is -2.28. The Balaban J connectivity index is 2.35. The minimum atomic E-state index is -0.313. The van der Waals surface area contributed by atoms with Crippen LogP contribution in [0.25, 0.3) is 0 Å². The number of hydrazine groups is 1. The van der Waals surface area contributed by atoms with Crippen molar-refractivity contribution in [3.05, 3.63) is 29.8 Å². The van der Waals surface area contributed by atoms with E-state index in [-0.39, 0.29) is 11.9 Å². The molecular formula is C13H22FN3. The molecule has 0 aliphatic rings. The van der Waals surface area contributed by atoms with Gasteiger partial charge >= 0.3 is 0 Å². The van der Waals surface area contributed by atoms with Gasteiger partial charge in [-0.05, 0) is 18.6 Å². The Bertz CT molecular complexity index is 300. The van der Waals surface area contributed by atoms with Gasteiger partial charge in [-0.2, -0.15) is 0 Å². The second kappa shape index (κ2) is 8.14. The van der Waals surface area contributed by atoms with Crippen molar-refractivity contribution in [3.8, 4) is 0 Å². The summed E-state index contributed by atoms with van der Waals surface area (Å²) in [5.74, 6) is 5.19. The number of nitrogens with zero attached hydrogens (tertiary/aromatic N) is 1. The van der Waals surface area contributed by atoms with Crippen molar-refractivity contribution >= 4 is 0 Å². The molecule has 0 radical (unpaired) electrons. The van der Waals surface area contributed by atoms with E-state index in [9.17, 15) is 4.39 Å². The molecule has 0 aromatic carbocycles. The van der Waals surface area contributed by atoms with E-state index in [1.165, 1.54) is 37.9 Å². The molecule has 1 aromatic heterocycles. The van der Waals surface area contributed by atoms with Gasteiger partial charge in [0.05, 0.1) is 17.9 Å². The summed E-state index contributed by atoms with van der Waals surface area (Å²) in [6.07, 6.45) is 8.31. The van der Waals surface area contributed by atoms with Crippen LogP contribution in [-0.2, 0) is 0 Å². The molecule has 3 nitrogen and oxygen atoms in total. The first-order valence-corrected chi connectivity index (χ1v) is 6.35. The highest BCUT2D eigenvalue weighted by atomic mass is 19.1. The molecule has 17 heavy (non-hydrogen) atoms. The van der Waals surface area contributed by atoms with Crippen molar-refractivity contribution in [2.24, 2.45) is 5.84 Å². The fourth-order valence-corrected chi connectivity index (χ4v) is 1.86. The summed E-state index contributed by atoms with van der Waals surface area (Å²) in [6.45, 7) is 2.20. The molecular weight excluding hydrogens is 217 g/mol. The zero-order valence-electron chi connectivity index (χ0n) is 10.5. The number of rotatable bonds is 8. The molecule has 0 bridgehead atoms. The Kier molecular flexibility index (Phi) is 6.74. The van der Waals surface area contributed by atoms with Crippen LogP contribution in [0.4, 0.5) is 4.39 Å². The van der Waals surface area contributed by atoms with Crippen molar-refractivity contribution in [2.45, 2.75) is 51.5 Å². The first kappa shape index (κ1) is 14.1. The summed E-state index contributed by atoms with van der Waals surface area (Å²) in [5, 5.41) is 0. The van der Waals surface area contributed by atoms with E-state index in [4.69, 9.17) is 5.84 Å². The number of nitrogens with two attached hydrogens (primary N) is 1. The average molecular weight is 239 g/mol. The van der Waals surface area contributed by atoms with Crippen LogP contribution in [-0.4, -0.2) is 4.98 Å². The number of unbranched alkanes of at least 4 members (excludes halogenated alkanes) is 4. The first-order chi connectivity index (χ1) is 8.27. The third kappa shape index (κ3) is 5.24. The Morgan fingerprint density at radius 1 is 1.29 bits per heavy atom. The maximum absolute atomic E-state index is 12.7. The van der Waals surface area contributed by atoms with Crippen molar-refractivity contribution < 1.29 is 4.39 Å². The predicted octanol–water partition coefficient (Wildman–Crippen LogP) is 3.09. The molecule has 0 spiro atoms. The molecule has 0 saturated carbocycles. The highest BCUT2D eigenvalue weighted by Crippen LogP contribution is 2.17. The number of pyridine rings is 1. The van der Waals surface area contributed by atoms with E-state index in [1.807, 2.05) is 0 Å². The molecule has 1 heterocycles. The lowest BCUT2D eigenvalue weighted by atomic mass is 10.0. The Hall–Kier alpha value is -1.00. The van der Waals surface area contributed by atoms with Gasteiger partial charge in [0, 0.05) is 0 Å². The van der Waals surface area contributed by atoms with Crippen molar-refractivity contribution in [3.63, 3.8) is 0 Å². The van der Waals surface area contributed by atoms with Crippen LogP contribution < -0.4 is 11.3 Å². The Morgan fingerprint density at radius 3 is 2.65 bits per heavy atom. The SMILES string of the molecule is CCCCCCCC(NN)c1ccc(F)cn1. The first-order valence-electron chi connectivity index (χ1n) is 6.35. The van der Waals surface area contributed by atoms with Crippen molar-refractivity contribution in [1.29, 1.82) is 0 Å². The molecule has 0 saturated heterocycles. The summed E-state index contributed by atoms with van der Waals surface area (Å²) in [5.41, 5.74) is 3.55. The molecule has 1 rings (SSSR count). The standard InChI is InChI=1S/C13H22FN3/c1-2-3-4-5-6-7-13(17-15)12-9-8-11(14)10-16-12/h8-10,13,17H,2-7,15H2,1H3. The number of aromatic nitrogens is 1. The van der Waals surface area contributed by atoms with Crippen molar-refractivity contribution in [2.75, 3.05) is 0 Å². The molecule has 0 aliphatic heterocycles. The summed E-state index contributed by atoms with van der Waals surface area (Å²) >= 11 is 0. The molecule has 1 atom stereocenters. The zero-order chi connectivity index (χ0) is 12.5. The van der Waals surface area contributed by atoms with Gasteiger partial charge in [0.1, 0.15) is 5.82 Å². The minimum Gasteiger partial charge on any atom is -0.271 e. The molecule has 96 valence electrons. The number of halogens is 1. The topological polar surface area (TPSA) is 50.9 Å². The van der Waals surface area contributed by atoms with Crippen LogP contribution in [0.1, 0.15) is 57.2 Å². The van der Waals surface area contributed by atoms with E-state index in [0.29, 0.717) is 0 Å². The third-order valence-corrected chi connectivity index (χ3v) is 2.90. The molecule has 1 aromatic rings. The van der Waals surface area contributed by atoms with E-state index in [2.05, 4.69) is 17.3 Å². The van der Waals surface area contributed by atoms with Gasteiger partial charge in [-0.25, -0.2) is 4.39 Å². The van der Waals surface area contributed by atoms with E-state index in [0.717, 1.165) is 18.5 Å². The minimum absolute atomic E-state index is 0.0252. The fourth-order valence-electron chi connectivity index (χ4n) is 1.86. The van der Waals surface area contributed by atoms with Gasteiger partial charge in [-0.3, -0.25) is 16.3 Å². The smallest absolute Gasteiger partial charge is 0.141 e. The second-order valence-corrected chi connectivity index (χ2v) is 4.32. The van der Waals surface area contributed by atoms with Gasteiger partial charge < -0.3 is 0 Å². The largest absolute Gasteiger partial charge is 0.271 e. The maximum atomic E-state index is 12.7. The number of nitrogens with one attached hydrogen (secondary N) is 1. The molecule has 1 unspecified atom stereocenters. The highest BCUT2D eigenvalue weighted by Gasteiger charge is 2.10. The van der Waals surface area contributed by atoms with Crippen molar-refractivity contribution in [1.82, 2.24) is 10.4 Å². The molecule has 3 N–H and O–H groups in total. The summed E-state index contributed by atoms with van der Waals surface area (Å²) in [7, 11) is 0. The quantitative estimate of drug-likeness (QED) is 0.416. The molecule has 4 heteroatoms. The fraction of sp³-hybridized carbons (Fsp3) is 0.615. The lowest BCUT2D eigenvalue weighted by molar-refractivity contribution is 0.468. The third-order valence-electron chi connectivity index (χ3n) is 2.90. The highest BCUT2D eigenvalue weighted by molar-refractivity contribution is 5.09. The predicted molar refractivity (Wildman–Crippen MR) is 67.6 cm³/mol. The van der Waals surface area contributed by atoms with Gasteiger partial charge in [-0.1, -0.05) is 39.0 Å². The summed E-state index contributed by atoms with van der Waals surface area (Å²) in [6, 6.07) is 3.13. The molecule has 0 amide bonds. The maximum Gasteiger partial charge on any atom is 0.141 e. The van der Waals surface area contributed by atoms with Crippen LogP contribution >= 0.6 is 0 Å². The Morgan fingerprint density at radius 2 is 2.06 bits per heavy atom. The summed E-state index contributed by atoms with van der Waals surface area (Å²) in [4.78, 5) is 4.05. The van der Waals surface area contributed by atoms with Gasteiger partial charge in [0.25, 0.3) is 0 Å². The Labute approximate surface area is 103 Å². The monoisotopic (exact) mass is 239 g/mol. The van der Waals surface area contributed by atoms with Gasteiger partial charge in [0.15, 0.2) is 0 Å². The molecule has 0 fully saturated rings. The van der Waals surface area contributed by atoms with Crippen LogP contribution in [0.3, 0.4) is 0 Å². The van der Waals surface area contributed by atoms with Gasteiger partial charge in [-0.15, -0.1) is 0 Å². The number of hydrogen-bond donors (Lipinski definition) is 2. The van der Waals surface area contributed by atoms with E-state index < -0.39 is 0 Å². The van der Waals surface area contributed by atoms with Crippen LogP contribution in [0.5, 0.6) is 0 Å². The summed E-state index contributed by atoms with van der Waals surface area (Å²) < 4.78 is 12.7. The van der Waals surface area contributed by atoms with Crippen LogP contribution in [0.15, 0.2) is 18.3 Å². The van der Waals surface area contributed by atoms with Gasteiger partial charge in [0.2, 0.25) is 0 Å². The van der Waals surface area contributed by atoms with Crippen LogP contribution in [0, 0.1) is 5.82 Å². The lowest BCUT2D eigenvalue weighted by Gasteiger charge is -2.14. The average Bonchev–Trinajstić information content (AvgIpc) is 2.35.